The molecule has 1 heterocycles. The Hall–Kier alpha value is -2.20. The van der Waals surface area contributed by atoms with E-state index in [9.17, 15) is 9.18 Å². The molecule has 2 N–H and O–H groups in total. The van der Waals surface area contributed by atoms with E-state index in [4.69, 9.17) is 4.74 Å². The second kappa shape index (κ2) is 14.1. The summed E-state index contributed by atoms with van der Waals surface area (Å²) in [5.41, 5.74) is 1.61. The molecule has 1 atom stereocenters. The zero-order valence-corrected chi connectivity index (χ0v) is 20.8. The summed E-state index contributed by atoms with van der Waals surface area (Å²) in [7, 11) is 0. The van der Waals surface area contributed by atoms with E-state index in [-0.39, 0.29) is 41.6 Å². The Kier molecular flexibility index (Phi) is 11.4. The normalized spacial score (nSPS) is 14.9. The van der Waals surface area contributed by atoms with Gasteiger partial charge in [-0.1, -0.05) is 48.5 Å². The average molecular weight is 554 g/mol. The average Bonchev–Trinajstić information content (AvgIpc) is 2.81. The van der Waals surface area contributed by atoms with Gasteiger partial charge in [0.05, 0.1) is 25.7 Å². The fourth-order valence-electron chi connectivity index (χ4n) is 3.56. The number of carbonyl (C=O) groups excluding carboxylic acids is 1. The van der Waals surface area contributed by atoms with Crippen molar-refractivity contribution in [3.05, 3.63) is 71.5 Å². The summed E-state index contributed by atoms with van der Waals surface area (Å²) in [5, 5.41) is 6.46. The lowest BCUT2D eigenvalue weighted by atomic mass is 9.97. The molecule has 1 amide bonds. The number of rotatable bonds is 8. The molecule has 2 aromatic rings. The van der Waals surface area contributed by atoms with Gasteiger partial charge in [0.25, 0.3) is 0 Å². The van der Waals surface area contributed by atoms with Gasteiger partial charge in [0.2, 0.25) is 5.91 Å². The maximum atomic E-state index is 13.8. The molecule has 1 unspecified atom stereocenters. The summed E-state index contributed by atoms with van der Waals surface area (Å²) in [6.45, 7) is 5.89. The van der Waals surface area contributed by atoms with Crippen LogP contribution in [0.15, 0.2) is 59.6 Å². The van der Waals surface area contributed by atoms with Gasteiger partial charge in [-0.3, -0.25) is 9.79 Å². The molecule has 1 saturated heterocycles. The SMILES string of the molecule is CCNC(=NCC(C(=O)N1CCOCC1)c1ccccc1)NCCc1ccccc1F.I. The first-order valence-electron chi connectivity index (χ1n) is 10.9. The quantitative estimate of drug-likeness (QED) is 0.299. The number of halogens is 2. The van der Waals surface area contributed by atoms with Crippen molar-refractivity contribution in [2.45, 2.75) is 19.3 Å². The smallest absolute Gasteiger partial charge is 0.232 e. The molecule has 8 heteroatoms. The molecular weight excluding hydrogens is 522 g/mol. The molecule has 174 valence electrons. The van der Waals surface area contributed by atoms with Gasteiger partial charge in [-0.25, -0.2) is 4.39 Å². The highest BCUT2D eigenvalue weighted by molar-refractivity contribution is 14.0. The number of benzene rings is 2. The maximum Gasteiger partial charge on any atom is 0.232 e. The standard InChI is InChI=1S/C24H31FN4O2.HI/c1-2-26-24(27-13-12-20-10-6-7-11-22(20)25)28-18-21(19-8-4-3-5-9-19)23(30)29-14-16-31-17-15-29;/h3-11,21H,2,12-18H2,1H3,(H2,26,27,28);1H. The van der Waals surface area contributed by atoms with Crippen LogP contribution < -0.4 is 10.6 Å². The zero-order chi connectivity index (χ0) is 21.9. The number of morpholine rings is 1. The van der Waals surface area contributed by atoms with E-state index in [1.807, 2.05) is 48.2 Å². The van der Waals surface area contributed by atoms with Crippen LogP contribution in [0.3, 0.4) is 0 Å². The summed E-state index contributed by atoms with van der Waals surface area (Å²) in [6.07, 6.45) is 0.548. The van der Waals surface area contributed by atoms with Crippen molar-refractivity contribution in [1.29, 1.82) is 0 Å². The molecule has 1 aliphatic heterocycles. The zero-order valence-electron chi connectivity index (χ0n) is 18.4. The minimum atomic E-state index is -0.360. The van der Waals surface area contributed by atoms with Crippen molar-refractivity contribution < 1.29 is 13.9 Å². The van der Waals surface area contributed by atoms with Crippen molar-refractivity contribution in [2.75, 3.05) is 45.9 Å². The minimum absolute atomic E-state index is 0. The molecule has 0 saturated carbocycles. The molecule has 0 aromatic heterocycles. The lowest BCUT2D eigenvalue weighted by molar-refractivity contribution is -0.136. The monoisotopic (exact) mass is 554 g/mol. The highest BCUT2D eigenvalue weighted by Crippen LogP contribution is 2.20. The van der Waals surface area contributed by atoms with Gasteiger partial charge in [-0.05, 0) is 30.5 Å². The van der Waals surface area contributed by atoms with E-state index in [0.717, 1.165) is 5.56 Å². The van der Waals surface area contributed by atoms with Crippen molar-refractivity contribution in [1.82, 2.24) is 15.5 Å². The van der Waals surface area contributed by atoms with Crippen LogP contribution in [0, 0.1) is 5.82 Å². The van der Waals surface area contributed by atoms with E-state index >= 15 is 0 Å². The molecule has 6 nitrogen and oxygen atoms in total. The Morgan fingerprint density at radius 3 is 2.47 bits per heavy atom. The van der Waals surface area contributed by atoms with Crippen LogP contribution in [-0.4, -0.2) is 62.7 Å². The number of hydrogen-bond acceptors (Lipinski definition) is 3. The van der Waals surface area contributed by atoms with E-state index in [2.05, 4.69) is 15.6 Å². The van der Waals surface area contributed by atoms with Crippen LogP contribution >= 0.6 is 24.0 Å². The van der Waals surface area contributed by atoms with E-state index in [1.165, 1.54) is 6.07 Å². The van der Waals surface area contributed by atoms with Crippen molar-refractivity contribution in [3.8, 4) is 0 Å². The number of amides is 1. The van der Waals surface area contributed by atoms with Gasteiger partial charge in [0.15, 0.2) is 5.96 Å². The molecule has 0 aliphatic carbocycles. The Bertz CT molecular complexity index is 860. The molecule has 3 rings (SSSR count). The number of carbonyl (C=O) groups is 1. The maximum absolute atomic E-state index is 13.8. The van der Waals surface area contributed by atoms with Crippen LogP contribution in [0.2, 0.25) is 0 Å². The first-order chi connectivity index (χ1) is 15.2. The molecule has 0 radical (unpaired) electrons. The number of aliphatic imine (C=N–C) groups is 1. The number of ether oxygens (including phenoxy) is 1. The number of nitrogens with one attached hydrogen (secondary N) is 2. The summed E-state index contributed by atoms with van der Waals surface area (Å²) in [4.78, 5) is 19.8. The van der Waals surface area contributed by atoms with Crippen LogP contribution in [0.5, 0.6) is 0 Å². The lowest BCUT2D eigenvalue weighted by Gasteiger charge is -2.30. The third-order valence-corrected chi connectivity index (χ3v) is 5.24. The van der Waals surface area contributed by atoms with Gasteiger partial charge in [0.1, 0.15) is 5.82 Å². The van der Waals surface area contributed by atoms with Gasteiger partial charge in [-0.15, -0.1) is 24.0 Å². The first kappa shape index (κ1) is 26.1. The molecular formula is C24H32FIN4O2. The van der Waals surface area contributed by atoms with E-state index in [0.29, 0.717) is 63.9 Å². The highest BCUT2D eigenvalue weighted by atomic mass is 127. The molecule has 1 fully saturated rings. The molecule has 1 aliphatic rings. The van der Waals surface area contributed by atoms with Crippen molar-refractivity contribution >= 4 is 35.8 Å². The summed E-state index contributed by atoms with van der Waals surface area (Å²) < 4.78 is 19.2. The highest BCUT2D eigenvalue weighted by Gasteiger charge is 2.27. The van der Waals surface area contributed by atoms with Crippen molar-refractivity contribution in [2.24, 2.45) is 4.99 Å². The Morgan fingerprint density at radius 1 is 1.09 bits per heavy atom. The van der Waals surface area contributed by atoms with Gasteiger partial charge >= 0.3 is 0 Å². The van der Waals surface area contributed by atoms with Crippen LogP contribution in [0.25, 0.3) is 0 Å². The first-order valence-corrected chi connectivity index (χ1v) is 10.9. The number of nitrogens with zero attached hydrogens (tertiary/aromatic N) is 2. The minimum Gasteiger partial charge on any atom is -0.378 e. The van der Waals surface area contributed by atoms with Crippen LogP contribution in [-0.2, 0) is 16.0 Å². The largest absolute Gasteiger partial charge is 0.378 e. The van der Waals surface area contributed by atoms with Crippen molar-refractivity contribution in [3.63, 3.8) is 0 Å². The molecule has 2 aromatic carbocycles. The number of guanidine groups is 1. The molecule has 0 spiro atoms. The van der Waals surface area contributed by atoms with Gasteiger partial charge < -0.3 is 20.3 Å². The van der Waals surface area contributed by atoms with E-state index in [1.54, 1.807) is 12.1 Å². The predicted molar refractivity (Wildman–Crippen MR) is 136 cm³/mol. The second-order valence-corrected chi connectivity index (χ2v) is 7.39. The van der Waals surface area contributed by atoms with Crippen LogP contribution in [0.1, 0.15) is 24.0 Å². The fourth-order valence-corrected chi connectivity index (χ4v) is 3.56. The summed E-state index contributed by atoms with van der Waals surface area (Å²) >= 11 is 0. The summed E-state index contributed by atoms with van der Waals surface area (Å²) in [6, 6.07) is 16.5. The van der Waals surface area contributed by atoms with Gasteiger partial charge in [0, 0.05) is 26.2 Å². The Morgan fingerprint density at radius 2 is 1.78 bits per heavy atom. The van der Waals surface area contributed by atoms with Gasteiger partial charge in [-0.2, -0.15) is 0 Å². The lowest BCUT2D eigenvalue weighted by Crippen LogP contribution is -2.44. The Balaban J connectivity index is 0.00000363. The molecule has 32 heavy (non-hydrogen) atoms. The third kappa shape index (κ3) is 7.74. The molecule has 0 bridgehead atoms. The topological polar surface area (TPSA) is 66.0 Å². The fraction of sp³-hybridized carbons (Fsp3) is 0.417. The predicted octanol–water partition coefficient (Wildman–Crippen LogP) is 3.18. The summed E-state index contributed by atoms with van der Waals surface area (Å²) in [5.74, 6) is 0.128. The van der Waals surface area contributed by atoms with E-state index < -0.39 is 0 Å². The number of hydrogen-bond donors (Lipinski definition) is 2. The third-order valence-electron chi connectivity index (χ3n) is 5.24. The van der Waals surface area contributed by atoms with Crippen LogP contribution in [0.4, 0.5) is 4.39 Å². The second-order valence-electron chi connectivity index (χ2n) is 7.39. The Labute approximate surface area is 206 Å².